The molecular weight excluding hydrogens is 432 g/mol. The topological polar surface area (TPSA) is 137 Å². The molecule has 0 aliphatic heterocycles. The fourth-order valence-corrected chi connectivity index (χ4v) is 2.61. The second kappa shape index (κ2) is 11.7. The van der Waals surface area contributed by atoms with E-state index in [1.165, 1.54) is 6.08 Å². The van der Waals surface area contributed by atoms with E-state index >= 15 is 0 Å². The number of aromatic hydroxyl groups is 1. The monoisotopic (exact) mass is 456 g/mol. The molecule has 0 saturated heterocycles. The number of aromatic amines is 1. The number of carbonyl (C=O) groups is 2. The van der Waals surface area contributed by atoms with E-state index in [-0.39, 0.29) is 28.9 Å². The number of para-hydroxylation sites is 1. The van der Waals surface area contributed by atoms with Crippen LogP contribution in [0.2, 0.25) is 0 Å². The molecule has 1 aromatic carbocycles. The van der Waals surface area contributed by atoms with Crippen LogP contribution in [0, 0.1) is 0 Å². The minimum absolute atomic E-state index is 0.112. The number of aromatic nitrogens is 1. The minimum atomic E-state index is -1.04. The lowest BCUT2D eigenvalue weighted by atomic mass is 10.1. The molecule has 9 nitrogen and oxygen atoms in total. The number of ether oxygens (including phenoxy) is 1. The predicted molar refractivity (Wildman–Crippen MR) is 126 cm³/mol. The largest absolute Gasteiger partial charge is 0.501 e. The zero-order chi connectivity index (χ0) is 23.7. The third kappa shape index (κ3) is 6.67. The van der Waals surface area contributed by atoms with E-state index < -0.39 is 17.5 Å². The standard InChI is InChI=1S/C22H24N4O5S/c1-4-5-10-31-21(30)19(28)15(17(27)11-13(2)3)12-23-22(32)26-25-18-14-8-6-7-9-16(14)24-20(18)29/h6-9,11-12,24,28-29H,4-5,10H2,1-3H3/b19-15+,23-12+,26-25?. The molecule has 168 valence electrons. The molecule has 0 bridgehead atoms. The Bertz CT molecular complexity index is 1140. The van der Waals surface area contributed by atoms with E-state index in [4.69, 9.17) is 17.0 Å². The van der Waals surface area contributed by atoms with Crippen LogP contribution < -0.4 is 0 Å². The van der Waals surface area contributed by atoms with Crippen LogP contribution in [0.15, 0.2) is 62.5 Å². The average Bonchev–Trinajstić information content (AvgIpc) is 3.06. The third-order valence-corrected chi connectivity index (χ3v) is 4.25. The van der Waals surface area contributed by atoms with Crippen molar-refractivity contribution < 1.29 is 24.5 Å². The van der Waals surface area contributed by atoms with Crippen molar-refractivity contribution in [3.63, 3.8) is 0 Å². The summed E-state index contributed by atoms with van der Waals surface area (Å²) in [6.07, 6.45) is 3.60. The van der Waals surface area contributed by atoms with Crippen molar-refractivity contribution in [2.24, 2.45) is 15.2 Å². The molecule has 1 heterocycles. The van der Waals surface area contributed by atoms with Gasteiger partial charge in [0.15, 0.2) is 11.5 Å². The number of fused-ring (bicyclic) bond motifs is 1. The van der Waals surface area contributed by atoms with Crippen molar-refractivity contribution in [2.75, 3.05) is 6.61 Å². The summed E-state index contributed by atoms with van der Waals surface area (Å²) in [5.74, 6) is -2.74. The molecule has 0 amide bonds. The van der Waals surface area contributed by atoms with Gasteiger partial charge in [-0.05, 0) is 44.6 Å². The van der Waals surface area contributed by atoms with Crippen LogP contribution in [0.25, 0.3) is 10.9 Å². The lowest BCUT2D eigenvalue weighted by Gasteiger charge is -2.05. The van der Waals surface area contributed by atoms with Crippen molar-refractivity contribution in [2.45, 2.75) is 33.6 Å². The molecule has 0 unspecified atom stereocenters. The number of carbonyl (C=O) groups excluding carboxylic acids is 2. The molecule has 0 aliphatic rings. The first-order valence-electron chi connectivity index (χ1n) is 9.83. The molecule has 0 spiro atoms. The van der Waals surface area contributed by atoms with Gasteiger partial charge in [0.05, 0.1) is 17.7 Å². The number of aliphatic imine (C=N–C) groups is 1. The van der Waals surface area contributed by atoms with E-state index in [1.807, 2.05) is 6.92 Å². The molecule has 1 aromatic heterocycles. The summed E-state index contributed by atoms with van der Waals surface area (Å²) < 4.78 is 4.95. The summed E-state index contributed by atoms with van der Waals surface area (Å²) in [5, 5.41) is 28.3. The first-order valence-corrected chi connectivity index (χ1v) is 10.2. The van der Waals surface area contributed by atoms with Crippen molar-refractivity contribution >= 4 is 51.9 Å². The molecular formula is C22H24N4O5S. The number of nitrogens with zero attached hydrogens (tertiary/aromatic N) is 3. The Labute approximate surface area is 190 Å². The molecule has 2 aromatic rings. The van der Waals surface area contributed by atoms with Crippen LogP contribution in [0.5, 0.6) is 5.88 Å². The number of nitrogens with one attached hydrogen (secondary N) is 1. The fraction of sp³-hybridized carbons (Fsp3) is 0.273. The predicted octanol–water partition coefficient (Wildman–Crippen LogP) is 5.00. The number of H-pyrrole nitrogens is 1. The van der Waals surface area contributed by atoms with Gasteiger partial charge in [-0.15, -0.1) is 10.2 Å². The molecule has 0 saturated carbocycles. The lowest BCUT2D eigenvalue weighted by molar-refractivity contribution is -0.142. The SMILES string of the molecule is CCCCOC(=O)/C(O)=C(/C=N/C(=S)N=Nc1c(O)[nH]c2ccccc12)C(=O)C=C(C)C. The number of azo groups is 1. The van der Waals surface area contributed by atoms with E-state index in [2.05, 4.69) is 20.2 Å². The van der Waals surface area contributed by atoms with Gasteiger partial charge in [0.1, 0.15) is 0 Å². The Hall–Kier alpha value is -3.66. The highest BCUT2D eigenvalue weighted by atomic mass is 32.1. The highest BCUT2D eigenvalue weighted by Crippen LogP contribution is 2.35. The normalized spacial score (nSPS) is 12.2. The van der Waals surface area contributed by atoms with Gasteiger partial charge in [0, 0.05) is 11.6 Å². The van der Waals surface area contributed by atoms with Crippen LogP contribution in [0.1, 0.15) is 33.6 Å². The van der Waals surface area contributed by atoms with Gasteiger partial charge in [-0.1, -0.05) is 37.1 Å². The van der Waals surface area contributed by atoms with Gasteiger partial charge in [0.2, 0.25) is 16.8 Å². The summed E-state index contributed by atoms with van der Waals surface area (Å²) >= 11 is 5.03. The summed E-state index contributed by atoms with van der Waals surface area (Å²) in [6.45, 7) is 5.42. The zero-order valence-electron chi connectivity index (χ0n) is 18.0. The number of unbranched alkanes of at least 4 members (excludes halogenated alkanes) is 1. The maximum atomic E-state index is 12.4. The average molecular weight is 457 g/mol. The van der Waals surface area contributed by atoms with Crippen molar-refractivity contribution in [1.82, 2.24) is 4.98 Å². The number of hydrogen-bond donors (Lipinski definition) is 3. The molecule has 0 fully saturated rings. The van der Waals surface area contributed by atoms with Crippen molar-refractivity contribution in [1.29, 1.82) is 0 Å². The molecule has 0 aliphatic carbocycles. The summed E-state index contributed by atoms with van der Waals surface area (Å²) in [6, 6.07) is 7.08. The van der Waals surface area contributed by atoms with E-state index in [0.717, 1.165) is 12.6 Å². The highest BCUT2D eigenvalue weighted by molar-refractivity contribution is 7.80. The first kappa shape index (κ1) is 24.6. The van der Waals surface area contributed by atoms with Gasteiger partial charge < -0.3 is 19.9 Å². The molecule has 0 radical (unpaired) electrons. The highest BCUT2D eigenvalue weighted by Gasteiger charge is 2.19. The summed E-state index contributed by atoms with van der Waals surface area (Å²) in [7, 11) is 0. The van der Waals surface area contributed by atoms with Crippen LogP contribution in [0.3, 0.4) is 0 Å². The quantitative estimate of drug-likeness (QED) is 0.0972. The first-order chi connectivity index (χ1) is 15.2. The Balaban J connectivity index is 2.27. The zero-order valence-corrected chi connectivity index (χ0v) is 18.8. The molecule has 2 rings (SSSR count). The van der Waals surface area contributed by atoms with E-state index in [0.29, 0.717) is 22.9 Å². The maximum absolute atomic E-state index is 12.4. The number of aliphatic hydroxyl groups is 1. The number of thiocarbonyl (C=S) groups is 1. The Kier molecular flexibility index (Phi) is 8.96. The Morgan fingerprint density at radius 2 is 1.97 bits per heavy atom. The lowest BCUT2D eigenvalue weighted by Crippen LogP contribution is -2.15. The summed E-state index contributed by atoms with van der Waals surface area (Å²) in [5.41, 5.74) is 1.11. The molecule has 32 heavy (non-hydrogen) atoms. The van der Waals surface area contributed by atoms with Gasteiger partial charge in [-0.25, -0.2) is 9.79 Å². The van der Waals surface area contributed by atoms with Gasteiger partial charge in [0.25, 0.3) is 0 Å². The number of aliphatic hydroxyl groups excluding tert-OH is 1. The van der Waals surface area contributed by atoms with Gasteiger partial charge in [-0.2, -0.15) is 0 Å². The number of hydrogen-bond acceptors (Lipinski definition) is 7. The molecule has 3 N–H and O–H groups in total. The smallest absolute Gasteiger partial charge is 0.374 e. The fourth-order valence-electron chi connectivity index (χ4n) is 2.52. The van der Waals surface area contributed by atoms with Crippen LogP contribution >= 0.6 is 12.2 Å². The van der Waals surface area contributed by atoms with Crippen molar-refractivity contribution in [3.8, 4) is 5.88 Å². The van der Waals surface area contributed by atoms with Crippen LogP contribution in [0.4, 0.5) is 5.69 Å². The second-order valence-corrected chi connectivity index (χ2v) is 7.31. The van der Waals surface area contributed by atoms with Crippen molar-refractivity contribution in [3.05, 3.63) is 47.2 Å². The van der Waals surface area contributed by atoms with Crippen LogP contribution in [-0.2, 0) is 14.3 Å². The maximum Gasteiger partial charge on any atom is 0.374 e. The second-order valence-electron chi connectivity index (χ2n) is 6.95. The summed E-state index contributed by atoms with van der Waals surface area (Å²) in [4.78, 5) is 31.1. The number of allylic oxidation sites excluding steroid dienone is 3. The minimum Gasteiger partial charge on any atom is -0.501 e. The van der Waals surface area contributed by atoms with Gasteiger partial charge in [-0.3, -0.25) is 4.79 Å². The Morgan fingerprint density at radius 1 is 1.25 bits per heavy atom. The third-order valence-electron chi connectivity index (χ3n) is 4.06. The Morgan fingerprint density at radius 3 is 2.66 bits per heavy atom. The number of ketones is 1. The number of esters is 1. The molecule has 10 heteroatoms. The molecule has 0 atom stereocenters. The number of rotatable bonds is 8. The number of benzene rings is 1. The van der Waals surface area contributed by atoms with E-state index in [1.54, 1.807) is 38.1 Å². The van der Waals surface area contributed by atoms with E-state index in [9.17, 15) is 19.8 Å². The van der Waals surface area contributed by atoms with Crippen LogP contribution in [-0.4, -0.2) is 44.9 Å². The van der Waals surface area contributed by atoms with Gasteiger partial charge >= 0.3 is 5.97 Å².